The Kier molecular flexibility index (Phi) is 5.50. The molecule has 0 bridgehead atoms. The minimum atomic E-state index is -2.70. The molecule has 0 aliphatic rings. The van der Waals surface area contributed by atoms with Gasteiger partial charge in [0.15, 0.2) is 0 Å². The largest absolute Gasteiger partial charge is 0.347 e. The molecule has 0 aliphatic carbocycles. The number of para-hydroxylation sites is 1. The first-order chi connectivity index (χ1) is 12.4. The van der Waals surface area contributed by atoms with Gasteiger partial charge in [-0.2, -0.15) is 0 Å². The van der Waals surface area contributed by atoms with Crippen LogP contribution in [-0.2, 0) is 17.4 Å². The van der Waals surface area contributed by atoms with Crippen LogP contribution in [0.3, 0.4) is 0 Å². The lowest BCUT2D eigenvalue weighted by atomic mass is 10.1. The molecule has 136 valence electrons. The number of benzene rings is 1. The molecule has 0 fully saturated rings. The van der Waals surface area contributed by atoms with E-state index in [0.717, 1.165) is 5.39 Å². The molecule has 10 heteroatoms. The van der Waals surface area contributed by atoms with E-state index in [-0.39, 0.29) is 18.1 Å². The van der Waals surface area contributed by atoms with E-state index >= 15 is 0 Å². The molecule has 1 atom stereocenters. The van der Waals surface area contributed by atoms with Gasteiger partial charge in [0, 0.05) is 17.1 Å². The van der Waals surface area contributed by atoms with Crippen LogP contribution in [0.5, 0.6) is 0 Å². The number of pyridine rings is 1. The number of H-pyrrole nitrogens is 1. The average Bonchev–Trinajstić information content (AvgIpc) is 2.60. The Bertz CT molecular complexity index is 1070. The second kappa shape index (κ2) is 7.81. The predicted molar refractivity (Wildman–Crippen MR) is 101 cm³/mol. The number of thiol groups is 1. The van der Waals surface area contributed by atoms with Crippen LogP contribution >= 0.6 is 11.6 Å². The van der Waals surface area contributed by atoms with Gasteiger partial charge in [0.25, 0.3) is 5.56 Å². The van der Waals surface area contributed by atoms with Crippen molar-refractivity contribution >= 4 is 39.3 Å². The topological polar surface area (TPSA) is 117 Å². The van der Waals surface area contributed by atoms with Crippen LogP contribution in [-0.4, -0.2) is 23.4 Å². The second-order valence-corrected chi connectivity index (χ2v) is 6.83. The van der Waals surface area contributed by atoms with Crippen LogP contribution in [0, 0.1) is 0 Å². The quantitative estimate of drug-likeness (QED) is 0.474. The molecule has 0 amide bonds. The van der Waals surface area contributed by atoms with Crippen LogP contribution in [0.25, 0.3) is 10.9 Å². The molecule has 3 aromatic rings. The van der Waals surface area contributed by atoms with E-state index < -0.39 is 10.9 Å². The van der Waals surface area contributed by atoms with Crippen molar-refractivity contribution in [2.75, 3.05) is 5.32 Å². The molecule has 1 aromatic carbocycles. The van der Waals surface area contributed by atoms with E-state index in [1.807, 2.05) is 19.1 Å². The first-order valence-corrected chi connectivity index (χ1v) is 9.27. The lowest BCUT2D eigenvalue weighted by Gasteiger charge is -2.14. The van der Waals surface area contributed by atoms with Gasteiger partial charge in [-0.05, 0) is 25.1 Å². The monoisotopic (exact) mass is 393 g/mol. The zero-order valence-electron chi connectivity index (χ0n) is 13.7. The van der Waals surface area contributed by atoms with Crippen molar-refractivity contribution in [3.05, 3.63) is 63.2 Å². The van der Waals surface area contributed by atoms with Crippen molar-refractivity contribution < 1.29 is 8.42 Å². The summed E-state index contributed by atoms with van der Waals surface area (Å²) in [5.74, 6) is 0.295. The van der Waals surface area contributed by atoms with E-state index in [0.29, 0.717) is 27.7 Å². The summed E-state index contributed by atoms with van der Waals surface area (Å²) in [5, 5.41) is 4.35. The zero-order chi connectivity index (χ0) is 18.7. The molecule has 0 unspecified atom stereocenters. The number of hydrogen-bond acceptors (Lipinski definition) is 6. The fraction of sp³-hybridized carbons (Fsp3) is 0.188. The highest BCUT2D eigenvalue weighted by Crippen LogP contribution is 2.23. The van der Waals surface area contributed by atoms with Crippen molar-refractivity contribution in [3.63, 3.8) is 0 Å². The van der Waals surface area contributed by atoms with Gasteiger partial charge in [-0.1, -0.05) is 23.7 Å². The average molecular weight is 394 g/mol. The molecule has 2 heterocycles. The fourth-order valence-corrected chi connectivity index (χ4v) is 3.03. The number of hydrogen-bond donors (Lipinski definition) is 4. The summed E-state index contributed by atoms with van der Waals surface area (Å²) in [5.41, 5.74) is 1.35. The van der Waals surface area contributed by atoms with Gasteiger partial charge in [-0.15, -0.1) is 0 Å². The van der Waals surface area contributed by atoms with Crippen molar-refractivity contribution in [3.8, 4) is 0 Å². The molecule has 3 rings (SSSR count). The predicted octanol–water partition coefficient (Wildman–Crippen LogP) is 1.76. The highest BCUT2D eigenvalue weighted by Gasteiger charge is 2.13. The maximum Gasteiger partial charge on any atom is 0.253 e. The standard InChI is InChI=1S/C16H16ClN5O3S/c1-9(20-16-18-6-5-11(21-16)8-19-26(24)25)12-7-10-3-2-4-13(17)14(10)22-15(12)23/h2-7,9,26H,8H2,1H3,(H,22,23)(H,18,20,21)(H,19,24,25)/t9-/m0/s1. The van der Waals surface area contributed by atoms with Gasteiger partial charge < -0.3 is 10.3 Å². The molecule has 0 radical (unpaired) electrons. The van der Waals surface area contributed by atoms with Crippen molar-refractivity contribution in [1.82, 2.24) is 19.7 Å². The zero-order valence-corrected chi connectivity index (χ0v) is 15.3. The number of anilines is 1. The third-order valence-electron chi connectivity index (χ3n) is 3.77. The fourth-order valence-electron chi connectivity index (χ4n) is 2.51. The number of fused-ring (bicyclic) bond motifs is 1. The number of aromatic amines is 1. The summed E-state index contributed by atoms with van der Waals surface area (Å²) in [4.78, 5) is 23.5. The highest BCUT2D eigenvalue weighted by molar-refractivity contribution is 7.70. The van der Waals surface area contributed by atoms with Gasteiger partial charge in [0.05, 0.1) is 28.8 Å². The second-order valence-electron chi connectivity index (χ2n) is 5.59. The number of nitrogens with one attached hydrogen (secondary N) is 3. The van der Waals surface area contributed by atoms with Gasteiger partial charge in [-0.3, -0.25) is 4.79 Å². The Morgan fingerprint density at radius 2 is 2.12 bits per heavy atom. The van der Waals surface area contributed by atoms with E-state index in [2.05, 4.69) is 25.0 Å². The molecule has 26 heavy (non-hydrogen) atoms. The number of halogens is 1. The van der Waals surface area contributed by atoms with E-state index in [1.165, 1.54) is 6.20 Å². The van der Waals surface area contributed by atoms with E-state index in [4.69, 9.17) is 11.6 Å². The SMILES string of the molecule is C[C@H](Nc1nccc(CN[SH](=O)=O)n1)c1cc2cccc(Cl)c2[nH]c1=O. The number of nitrogens with zero attached hydrogens (tertiary/aromatic N) is 2. The molecule has 0 spiro atoms. The molecular weight excluding hydrogens is 378 g/mol. The third kappa shape index (κ3) is 4.18. The Morgan fingerprint density at radius 3 is 2.88 bits per heavy atom. The van der Waals surface area contributed by atoms with Gasteiger partial charge in [0.1, 0.15) is 0 Å². The maximum atomic E-state index is 12.4. The van der Waals surface area contributed by atoms with Gasteiger partial charge in [-0.25, -0.2) is 23.1 Å². The summed E-state index contributed by atoms with van der Waals surface area (Å²) < 4.78 is 23.5. The van der Waals surface area contributed by atoms with Crippen LogP contribution < -0.4 is 15.6 Å². The lowest BCUT2D eigenvalue weighted by Crippen LogP contribution is -2.20. The normalized spacial score (nSPS) is 12.4. The number of rotatable bonds is 6. The smallest absolute Gasteiger partial charge is 0.253 e. The summed E-state index contributed by atoms with van der Waals surface area (Å²) in [7, 11) is -2.70. The summed E-state index contributed by atoms with van der Waals surface area (Å²) in [6, 6.07) is 8.38. The minimum Gasteiger partial charge on any atom is -0.347 e. The van der Waals surface area contributed by atoms with Crippen molar-refractivity contribution in [2.24, 2.45) is 0 Å². The Morgan fingerprint density at radius 1 is 1.31 bits per heavy atom. The molecule has 0 saturated heterocycles. The molecule has 2 aromatic heterocycles. The van der Waals surface area contributed by atoms with Crippen LogP contribution in [0.1, 0.15) is 24.2 Å². The summed E-state index contributed by atoms with van der Waals surface area (Å²) in [6.07, 6.45) is 1.52. The maximum absolute atomic E-state index is 12.4. The molecular formula is C16H16ClN5O3S. The summed E-state index contributed by atoms with van der Waals surface area (Å²) in [6.45, 7) is 1.88. The van der Waals surface area contributed by atoms with Crippen LogP contribution in [0.15, 0.2) is 41.3 Å². The van der Waals surface area contributed by atoms with Crippen LogP contribution in [0.4, 0.5) is 5.95 Å². The van der Waals surface area contributed by atoms with E-state index in [1.54, 1.807) is 18.2 Å². The van der Waals surface area contributed by atoms with E-state index in [9.17, 15) is 13.2 Å². The molecule has 0 saturated carbocycles. The lowest BCUT2D eigenvalue weighted by molar-refractivity contribution is 0.600. The Hall–Kier alpha value is -2.49. The highest BCUT2D eigenvalue weighted by atomic mass is 35.5. The summed E-state index contributed by atoms with van der Waals surface area (Å²) >= 11 is 6.11. The Balaban J connectivity index is 1.85. The third-order valence-corrected chi connectivity index (χ3v) is 4.50. The molecule has 0 aliphatic heterocycles. The van der Waals surface area contributed by atoms with Crippen molar-refractivity contribution in [2.45, 2.75) is 19.5 Å². The van der Waals surface area contributed by atoms with Crippen molar-refractivity contribution in [1.29, 1.82) is 0 Å². The Labute approximate surface area is 155 Å². The first-order valence-electron chi connectivity index (χ1n) is 7.72. The number of aromatic nitrogens is 3. The van der Waals surface area contributed by atoms with Gasteiger partial charge in [0.2, 0.25) is 16.8 Å². The van der Waals surface area contributed by atoms with Gasteiger partial charge >= 0.3 is 0 Å². The minimum absolute atomic E-state index is 0.0688. The molecule has 8 nitrogen and oxygen atoms in total. The van der Waals surface area contributed by atoms with Crippen LogP contribution in [0.2, 0.25) is 5.02 Å². The first kappa shape index (κ1) is 18.3. The molecule has 3 N–H and O–H groups in total.